The van der Waals surface area contributed by atoms with Crippen LogP contribution >= 0.6 is 0 Å². The second kappa shape index (κ2) is 6.81. The van der Waals surface area contributed by atoms with E-state index in [0.29, 0.717) is 12.4 Å². The Morgan fingerprint density at radius 3 is 2.87 bits per heavy atom. The van der Waals surface area contributed by atoms with Gasteiger partial charge in [-0.1, -0.05) is 30.3 Å². The first-order chi connectivity index (χ1) is 11.1. The van der Waals surface area contributed by atoms with Crippen molar-refractivity contribution in [3.8, 4) is 11.4 Å². The lowest BCUT2D eigenvalue weighted by Gasteiger charge is -2.32. The zero-order valence-corrected chi connectivity index (χ0v) is 13.6. The number of rotatable bonds is 3. The van der Waals surface area contributed by atoms with Crippen molar-refractivity contribution in [3.63, 3.8) is 0 Å². The summed E-state index contributed by atoms with van der Waals surface area (Å²) in [7, 11) is 0. The summed E-state index contributed by atoms with van der Waals surface area (Å²) in [5, 5.41) is 10.3. The third-order valence-electron chi connectivity index (χ3n) is 4.04. The average Bonchev–Trinajstić information content (AvgIpc) is 3.05. The molecule has 2 aromatic rings. The maximum absolute atomic E-state index is 12.2. The number of amides is 2. The minimum absolute atomic E-state index is 0.00694. The van der Waals surface area contributed by atoms with E-state index in [-0.39, 0.29) is 18.0 Å². The van der Waals surface area contributed by atoms with E-state index < -0.39 is 0 Å². The van der Waals surface area contributed by atoms with E-state index in [4.69, 9.17) is 0 Å². The molecule has 1 aromatic carbocycles. The largest absolute Gasteiger partial charge is 0.336 e. The summed E-state index contributed by atoms with van der Waals surface area (Å²) in [6.45, 7) is 5.43. The van der Waals surface area contributed by atoms with Crippen LogP contribution in [0.5, 0.6) is 0 Å². The lowest BCUT2D eigenvalue weighted by Crippen LogP contribution is -2.47. The molecule has 0 saturated carbocycles. The first kappa shape index (κ1) is 15.5. The zero-order chi connectivity index (χ0) is 16.2. The third-order valence-corrected chi connectivity index (χ3v) is 4.04. The molecular weight excluding hydrogens is 290 g/mol. The molecule has 23 heavy (non-hydrogen) atoms. The number of H-pyrrole nitrogens is 1. The van der Waals surface area contributed by atoms with Crippen LogP contribution in [0.25, 0.3) is 11.4 Å². The predicted octanol–water partition coefficient (Wildman–Crippen LogP) is 2.77. The van der Waals surface area contributed by atoms with Gasteiger partial charge in [-0.25, -0.2) is 9.78 Å². The van der Waals surface area contributed by atoms with E-state index >= 15 is 0 Å². The lowest BCUT2D eigenvalue weighted by atomic mass is 9.97. The molecule has 1 fully saturated rings. The number of piperidine rings is 1. The van der Waals surface area contributed by atoms with Crippen LogP contribution in [0.15, 0.2) is 30.3 Å². The number of urea groups is 1. The van der Waals surface area contributed by atoms with Crippen molar-refractivity contribution in [2.45, 2.75) is 38.6 Å². The molecule has 0 bridgehead atoms. The molecule has 2 heterocycles. The van der Waals surface area contributed by atoms with Gasteiger partial charge in [0.2, 0.25) is 0 Å². The average molecular weight is 313 g/mol. The van der Waals surface area contributed by atoms with Crippen LogP contribution in [0.4, 0.5) is 4.79 Å². The molecule has 122 valence electrons. The van der Waals surface area contributed by atoms with Gasteiger partial charge in [0.15, 0.2) is 5.82 Å². The highest BCUT2D eigenvalue weighted by atomic mass is 16.2. The number of hydrogen-bond donors (Lipinski definition) is 2. The highest BCUT2D eigenvalue weighted by Crippen LogP contribution is 2.26. The Kier molecular flexibility index (Phi) is 4.60. The predicted molar refractivity (Wildman–Crippen MR) is 89.0 cm³/mol. The minimum Gasteiger partial charge on any atom is -0.336 e. The van der Waals surface area contributed by atoms with Gasteiger partial charge in [0.1, 0.15) is 5.82 Å². The molecule has 3 rings (SSSR count). The fourth-order valence-corrected chi connectivity index (χ4v) is 2.90. The molecule has 0 radical (unpaired) electrons. The smallest absolute Gasteiger partial charge is 0.317 e. The quantitative estimate of drug-likeness (QED) is 0.915. The van der Waals surface area contributed by atoms with E-state index in [0.717, 1.165) is 30.8 Å². The number of aromatic nitrogens is 3. The van der Waals surface area contributed by atoms with Crippen molar-refractivity contribution in [2.24, 2.45) is 0 Å². The summed E-state index contributed by atoms with van der Waals surface area (Å²) in [5.41, 5.74) is 1.00. The molecule has 1 aliphatic heterocycles. The van der Waals surface area contributed by atoms with Gasteiger partial charge in [0, 0.05) is 30.6 Å². The van der Waals surface area contributed by atoms with Gasteiger partial charge in [-0.2, -0.15) is 5.10 Å². The normalized spacial score (nSPS) is 18.2. The van der Waals surface area contributed by atoms with Crippen molar-refractivity contribution in [1.82, 2.24) is 25.4 Å². The van der Waals surface area contributed by atoms with Gasteiger partial charge in [-0.3, -0.25) is 5.10 Å². The van der Waals surface area contributed by atoms with Crippen molar-refractivity contribution in [3.05, 3.63) is 36.2 Å². The topological polar surface area (TPSA) is 73.9 Å². The van der Waals surface area contributed by atoms with E-state index in [1.54, 1.807) is 0 Å². The first-order valence-corrected chi connectivity index (χ1v) is 8.16. The Morgan fingerprint density at radius 1 is 1.35 bits per heavy atom. The molecule has 1 aliphatic rings. The summed E-state index contributed by atoms with van der Waals surface area (Å²) in [6.07, 6.45) is 2.01. The van der Waals surface area contributed by atoms with Gasteiger partial charge >= 0.3 is 6.03 Å². The fourth-order valence-electron chi connectivity index (χ4n) is 2.90. The molecular formula is C17H23N5O. The molecule has 1 saturated heterocycles. The van der Waals surface area contributed by atoms with Crippen LogP contribution in [0.3, 0.4) is 0 Å². The zero-order valence-electron chi connectivity index (χ0n) is 13.6. The van der Waals surface area contributed by atoms with Crippen molar-refractivity contribution < 1.29 is 4.79 Å². The molecule has 0 aliphatic carbocycles. The third kappa shape index (κ3) is 3.70. The molecule has 6 heteroatoms. The van der Waals surface area contributed by atoms with Gasteiger partial charge in [-0.05, 0) is 26.7 Å². The van der Waals surface area contributed by atoms with Crippen molar-refractivity contribution in [1.29, 1.82) is 0 Å². The van der Waals surface area contributed by atoms with E-state index in [1.807, 2.05) is 49.1 Å². The molecule has 0 spiro atoms. The SMILES string of the molecule is CC(C)NC(=O)N1CCC[C@@H](c2nc(-c3ccccc3)n[nH]2)C1. The van der Waals surface area contributed by atoms with Crippen molar-refractivity contribution >= 4 is 6.03 Å². The molecule has 2 N–H and O–H groups in total. The highest BCUT2D eigenvalue weighted by Gasteiger charge is 2.27. The molecule has 2 amide bonds. The van der Waals surface area contributed by atoms with Crippen LogP contribution in [-0.4, -0.2) is 45.2 Å². The number of carbonyl (C=O) groups excluding carboxylic acids is 1. The molecule has 0 unspecified atom stereocenters. The van der Waals surface area contributed by atoms with Crippen LogP contribution < -0.4 is 5.32 Å². The van der Waals surface area contributed by atoms with E-state index in [1.165, 1.54) is 0 Å². The Bertz CT molecular complexity index is 652. The fraction of sp³-hybridized carbons (Fsp3) is 0.471. The second-order valence-electron chi connectivity index (χ2n) is 6.30. The van der Waals surface area contributed by atoms with Gasteiger partial charge < -0.3 is 10.2 Å². The standard InChI is InChI=1S/C17H23N5O/c1-12(2)18-17(23)22-10-6-9-14(11-22)16-19-15(20-21-16)13-7-4-3-5-8-13/h3-5,7-8,12,14H,6,9-11H2,1-2H3,(H,18,23)(H,19,20,21)/t14-/m1/s1. The maximum atomic E-state index is 12.2. The van der Waals surface area contributed by atoms with Gasteiger partial charge in [0.05, 0.1) is 0 Å². The molecule has 1 aromatic heterocycles. The number of nitrogens with one attached hydrogen (secondary N) is 2. The minimum atomic E-state index is 0.00694. The summed E-state index contributed by atoms with van der Waals surface area (Å²) < 4.78 is 0. The number of likely N-dealkylation sites (tertiary alicyclic amines) is 1. The van der Waals surface area contributed by atoms with Gasteiger partial charge in [-0.15, -0.1) is 0 Å². The van der Waals surface area contributed by atoms with E-state index in [9.17, 15) is 4.79 Å². The van der Waals surface area contributed by atoms with E-state index in [2.05, 4.69) is 20.5 Å². The van der Waals surface area contributed by atoms with Gasteiger partial charge in [0.25, 0.3) is 0 Å². The van der Waals surface area contributed by atoms with Crippen LogP contribution in [0.1, 0.15) is 38.4 Å². The van der Waals surface area contributed by atoms with Crippen LogP contribution in [-0.2, 0) is 0 Å². The Morgan fingerprint density at radius 2 is 2.13 bits per heavy atom. The highest BCUT2D eigenvalue weighted by molar-refractivity contribution is 5.74. The molecule has 6 nitrogen and oxygen atoms in total. The number of carbonyl (C=O) groups is 1. The Balaban J connectivity index is 1.70. The lowest BCUT2D eigenvalue weighted by molar-refractivity contribution is 0.176. The Labute approximate surface area is 136 Å². The summed E-state index contributed by atoms with van der Waals surface area (Å²) >= 11 is 0. The van der Waals surface area contributed by atoms with Crippen LogP contribution in [0, 0.1) is 0 Å². The summed E-state index contributed by atoms with van der Waals surface area (Å²) in [4.78, 5) is 18.7. The Hall–Kier alpha value is -2.37. The summed E-state index contributed by atoms with van der Waals surface area (Å²) in [5.74, 6) is 1.79. The number of nitrogens with zero attached hydrogens (tertiary/aromatic N) is 3. The first-order valence-electron chi connectivity index (χ1n) is 8.16. The van der Waals surface area contributed by atoms with Crippen LogP contribution in [0.2, 0.25) is 0 Å². The van der Waals surface area contributed by atoms with Crippen molar-refractivity contribution in [2.75, 3.05) is 13.1 Å². The summed E-state index contributed by atoms with van der Waals surface area (Å²) in [6, 6.07) is 10.1. The number of hydrogen-bond acceptors (Lipinski definition) is 3. The number of benzene rings is 1. The second-order valence-corrected chi connectivity index (χ2v) is 6.30. The monoisotopic (exact) mass is 313 g/mol. The molecule has 1 atom stereocenters. The number of aromatic amines is 1. The maximum Gasteiger partial charge on any atom is 0.317 e.